The van der Waals surface area contributed by atoms with E-state index in [4.69, 9.17) is 0 Å². The third-order valence-corrected chi connectivity index (χ3v) is 6.96. The van der Waals surface area contributed by atoms with Crippen LogP contribution < -0.4 is 10.0 Å². The second kappa shape index (κ2) is 8.21. The number of hydrogen-bond donors (Lipinski definition) is 2. The molecular formula is C19H19BrN4O3S2. The fourth-order valence-corrected chi connectivity index (χ4v) is 4.45. The van der Waals surface area contributed by atoms with Crippen LogP contribution in [0.4, 0.5) is 10.8 Å². The number of halogens is 1. The van der Waals surface area contributed by atoms with E-state index < -0.39 is 15.9 Å². The maximum atomic E-state index is 12.7. The van der Waals surface area contributed by atoms with Crippen molar-refractivity contribution in [2.24, 2.45) is 0 Å². The molecule has 0 atom stereocenters. The van der Waals surface area contributed by atoms with Crippen LogP contribution in [-0.4, -0.2) is 24.5 Å². The highest BCUT2D eigenvalue weighted by atomic mass is 79.9. The summed E-state index contributed by atoms with van der Waals surface area (Å²) in [6, 6.07) is 12.6. The second-order valence-corrected chi connectivity index (χ2v) is 10.8. The van der Waals surface area contributed by atoms with E-state index in [9.17, 15) is 13.2 Å². The van der Waals surface area contributed by atoms with E-state index in [0.29, 0.717) is 10.8 Å². The van der Waals surface area contributed by atoms with Gasteiger partial charge in [-0.3, -0.25) is 14.8 Å². The summed E-state index contributed by atoms with van der Waals surface area (Å²) in [6.07, 6.45) is 0. The molecule has 2 aromatic carbocycles. The van der Waals surface area contributed by atoms with Crippen molar-refractivity contribution < 1.29 is 13.2 Å². The quantitative estimate of drug-likeness (QED) is 0.537. The highest BCUT2D eigenvalue weighted by molar-refractivity contribution is 9.10. The number of anilines is 2. The smallest absolute Gasteiger partial charge is 0.261 e. The lowest BCUT2D eigenvalue weighted by molar-refractivity contribution is 0.102. The minimum absolute atomic E-state index is 0.0132. The highest BCUT2D eigenvalue weighted by Crippen LogP contribution is 2.28. The van der Waals surface area contributed by atoms with Crippen LogP contribution in [0.2, 0.25) is 0 Å². The monoisotopic (exact) mass is 494 g/mol. The van der Waals surface area contributed by atoms with Crippen LogP contribution in [0.15, 0.2) is 57.9 Å². The first-order chi connectivity index (χ1) is 13.5. The molecule has 7 nitrogen and oxygen atoms in total. The number of nitrogens with zero attached hydrogens (tertiary/aromatic N) is 2. The molecule has 0 saturated heterocycles. The summed E-state index contributed by atoms with van der Waals surface area (Å²) in [6.45, 7) is 6.02. The van der Waals surface area contributed by atoms with Gasteiger partial charge in [-0.2, -0.15) is 0 Å². The van der Waals surface area contributed by atoms with Gasteiger partial charge in [0.1, 0.15) is 5.01 Å². The first-order valence-electron chi connectivity index (χ1n) is 8.58. The molecule has 0 spiro atoms. The highest BCUT2D eigenvalue weighted by Gasteiger charge is 2.21. The zero-order chi connectivity index (χ0) is 21.2. The van der Waals surface area contributed by atoms with Gasteiger partial charge in [0.15, 0.2) is 0 Å². The Bertz CT molecular complexity index is 1140. The van der Waals surface area contributed by atoms with Gasteiger partial charge < -0.3 is 0 Å². The number of rotatable bonds is 5. The van der Waals surface area contributed by atoms with Gasteiger partial charge in [0.2, 0.25) is 5.13 Å². The molecule has 1 heterocycles. The number of amides is 1. The summed E-state index contributed by atoms with van der Waals surface area (Å²) in [7, 11) is -3.84. The number of hydrogen-bond acceptors (Lipinski definition) is 6. The molecule has 0 aliphatic rings. The lowest BCUT2D eigenvalue weighted by Crippen LogP contribution is -2.16. The van der Waals surface area contributed by atoms with Gasteiger partial charge in [-0.15, -0.1) is 10.2 Å². The van der Waals surface area contributed by atoms with Crippen LogP contribution >= 0.6 is 27.3 Å². The number of sulfonamides is 1. The van der Waals surface area contributed by atoms with Crippen molar-refractivity contribution in [2.45, 2.75) is 31.1 Å². The van der Waals surface area contributed by atoms with Crippen LogP contribution in [0, 0.1) is 0 Å². The van der Waals surface area contributed by atoms with Gasteiger partial charge in [0.25, 0.3) is 15.9 Å². The summed E-state index contributed by atoms with van der Waals surface area (Å²) in [5.41, 5.74) is 0.454. The number of benzene rings is 2. The number of carbonyl (C=O) groups is 1. The second-order valence-electron chi connectivity index (χ2n) is 7.26. The third-order valence-electron chi connectivity index (χ3n) is 3.79. The van der Waals surface area contributed by atoms with E-state index in [1.807, 2.05) is 20.8 Å². The molecule has 2 N–H and O–H groups in total. The first-order valence-corrected chi connectivity index (χ1v) is 11.7. The van der Waals surface area contributed by atoms with Crippen molar-refractivity contribution in [3.8, 4) is 0 Å². The van der Waals surface area contributed by atoms with E-state index in [-0.39, 0.29) is 15.9 Å². The molecule has 3 rings (SSSR count). The summed E-state index contributed by atoms with van der Waals surface area (Å²) in [4.78, 5) is 12.5. The molecule has 1 aromatic heterocycles. The largest absolute Gasteiger partial charge is 0.296 e. The maximum absolute atomic E-state index is 12.7. The molecule has 0 radical (unpaired) electrons. The molecule has 0 bridgehead atoms. The lowest BCUT2D eigenvalue weighted by atomic mass is 9.98. The number of aromatic nitrogens is 2. The van der Waals surface area contributed by atoms with E-state index in [0.717, 1.165) is 9.48 Å². The van der Waals surface area contributed by atoms with Crippen molar-refractivity contribution in [3.05, 3.63) is 63.6 Å². The van der Waals surface area contributed by atoms with Crippen molar-refractivity contribution in [3.63, 3.8) is 0 Å². The molecular weight excluding hydrogens is 476 g/mol. The maximum Gasteiger partial charge on any atom is 0.261 e. The molecule has 29 heavy (non-hydrogen) atoms. The Morgan fingerprint density at radius 1 is 1.07 bits per heavy atom. The van der Waals surface area contributed by atoms with Gasteiger partial charge in [-0.25, -0.2) is 8.42 Å². The van der Waals surface area contributed by atoms with E-state index in [1.54, 1.807) is 30.3 Å². The predicted molar refractivity (Wildman–Crippen MR) is 118 cm³/mol. The SMILES string of the molecule is CC(C)(C)c1nnc(NC(=O)c2cccc(S(=O)(=O)Nc3ccc(Br)cc3)c2)s1. The number of nitrogens with one attached hydrogen (secondary N) is 2. The van der Waals surface area contributed by atoms with Crippen molar-refractivity contribution in [1.82, 2.24) is 10.2 Å². The average Bonchev–Trinajstić information content (AvgIpc) is 3.12. The van der Waals surface area contributed by atoms with Gasteiger partial charge in [-0.1, -0.05) is 54.1 Å². The Balaban J connectivity index is 1.78. The molecule has 0 fully saturated rings. The van der Waals surface area contributed by atoms with Crippen LogP contribution in [-0.2, 0) is 15.4 Å². The molecule has 10 heteroatoms. The molecule has 0 aliphatic carbocycles. The van der Waals surface area contributed by atoms with E-state index in [2.05, 4.69) is 36.2 Å². The molecule has 0 aliphatic heterocycles. The van der Waals surface area contributed by atoms with E-state index >= 15 is 0 Å². The molecule has 0 saturated carbocycles. The van der Waals surface area contributed by atoms with Gasteiger partial charge in [-0.05, 0) is 42.5 Å². The first kappa shape index (κ1) is 21.4. The Morgan fingerprint density at radius 2 is 1.76 bits per heavy atom. The zero-order valence-electron chi connectivity index (χ0n) is 15.9. The summed E-state index contributed by atoms with van der Waals surface area (Å²) < 4.78 is 28.7. The summed E-state index contributed by atoms with van der Waals surface area (Å²) in [5, 5.41) is 11.9. The Kier molecular flexibility index (Phi) is 6.06. The molecule has 152 valence electrons. The summed E-state index contributed by atoms with van der Waals surface area (Å²) >= 11 is 4.59. The Hall–Kier alpha value is -2.30. The van der Waals surface area contributed by atoms with Gasteiger partial charge in [0.05, 0.1) is 4.90 Å². The summed E-state index contributed by atoms with van der Waals surface area (Å²) in [5.74, 6) is -0.456. The zero-order valence-corrected chi connectivity index (χ0v) is 19.2. The predicted octanol–water partition coefficient (Wildman–Crippen LogP) is 4.65. The standard InChI is InChI=1S/C19H19BrN4O3S2/c1-19(2,3)17-22-23-18(28-17)21-16(25)12-5-4-6-15(11-12)29(26,27)24-14-9-7-13(20)8-10-14/h4-11,24H,1-3H3,(H,21,23,25). The van der Waals surface area contributed by atoms with Crippen LogP contribution in [0.25, 0.3) is 0 Å². The van der Waals surface area contributed by atoms with Crippen LogP contribution in [0.3, 0.4) is 0 Å². The van der Waals surface area contributed by atoms with Gasteiger partial charge >= 0.3 is 0 Å². The van der Waals surface area contributed by atoms with Crippen LogP contribution in [0.5, 0.6) is 0 Å². The van der Waals surface area contributed by atoms with Crippen molar-refractivity contribution in [1.29, 1.82) is 0 Å². The normalized spacial score (nSPS) is 11.9. The van der Waals surface area contributed by atoms with E-state index in [1.165, 1.54) is 29.5 Å². The Labute approximate surface area is 181 Å². The van der Waals surface area contributed by atoms with Gasteiger partial charge in [0, 0.05) is 21.1 Å². The third kappa shape index (κ3) is 5.40. The van der Waals surface area contributed by atoms with Crippen molar-refractivity contribution >= 4 is 54.0 Å². The van der Waals surface area contributed by atoms with Crippen molar-refractivity contribution in [2.75, 3.05) is 10.0 Å². The lowest BCUT2D eigenvalue weighted by Gasteiger charge is -2.12. The molecule has 1 amide bonds. The fraction of sp³-hybridized carbons (Fsp3) is 0.211. The number of carbonyl (C=O) groups excluding carboxylic acids is 1. The molecule has 3 aromatic rings. The van der Waals surface area contributed by atoms with Crippen LogP contribution in [0.1, 0.15) is 36.1 Å². The average molecular weight is 495 g/mol. The fourth-order valence-electron chi connectivity index (χ4n) is 2.28. The topological polar surface area (TPSA) is 101 Å². The molecule has 0 unspecified atom stereocenters. The minimum Gasteiger partial charge on any atom is -0.296 e. The minimum atomic E-state index is -3.84. The Morgan fingerprint density at radius 3 is 2.38 bits per heavy atom.